The fraction of sp³-hybridized carbons (Fsp3) is 0.105. The number of rotatable bonds is 5. The van der Waals surface area contributed by atoms with Gasteiger partial charge in [0, 0.05) is 6.07 Å². The number of carbonyl (C=O) groups excluding carboxylic acids is 3. The highest BCUT2D eigenvalue weighted by Crippen LogP contribution is 2.32. The maximum atomic E-state index is 12.9. The quantitative estimate of drug-likeness (QED) is 0.355. The van der Waals surface area contributed by atoms with Gasteiger partial charge in [-0.25, -0.2) is 9.69 Å². The van der Waals surface area contributed by atoms with E-state index in [4.69, 9.17) is 9.47 Å². The molecule has 0 radical (unpaired) electrons. The molecule has 10 nitrogen and oxygen atoms in total. The summed E-state index contributed by atoms with van der Waals surface area (Å²) in [6.45, 7) is 0. The first-order valence-corrected chi connectivity index (χ1v) is 8.24. The number of carbonyl (C=O) groups is 3. The molecule has 0 bridgehead atoms. The highest BCUT2D eigenvalue weighted by Gasteiger charge is 2.38. The molecule has 1 aliphatic heterocycles. The molecular weight excluding hydrogens is 382 g/mol. The number of para-hydroxylation sites is 2. The summed E-state index contributed by atoms with van der Waals surface area (Å²) < 4.78 is 10.1. The summed E-state index contributed by atoms with van der Waals surface area (Å²) in [6.07, 6.45) is 1.17. The normalized spacial score (nSPS) is 15.3. The molecule has 1 saturated heterocycles. The van der Waals surface area contributed by atoms with Gasteiger partial charge in [0.05, 0.1) is 24.8 Å². The van der Waals surface area contributed by atoms with Crippen LogP contribution < -0.4 is 19.7 Å². The van der Waals surface area contributed by atoms with E-state index >= 15 is 0 Å². The number of nitro benzene ring substituents is 1. The summed E-state index contributed by atoms with van der Waals surface area (Å²) in [4.78, 5) is 48.8. The van der Waals surface area contributed by atoms with E-state index < -0.39 is 22.8 Å². The van der Waals surface area contributed by atoms with Crippen LogP contribution in [-0.4, -0.2) is 37.0 Å². The molecular formula is C19H15N3O7. The van der Waals surface area contributed by atoms with E-state index in [1.54, 1.807) is 18.2 Å². The Morgan fingerprint density at radius 1 is 1.03 bits per heavy atom. The van der Waals surface area contributed by atoms with Gasteiger partial charge < -0.3 is 9.47 Å². The van der Waals surface area contributed by atoms with Crippen molar-refractivity contribution in [3.05, 3.63) is 63.7 Å². The van der Waals surface area contributed by atoms with Crippen molar-refractivity contribution in [2.75, 3.05) is 19.1 Å². The summed E-state index contributed by atoms with van der Waals surface area (Å²) in [6, 6.07) is 9.34. The fourth-order valence-corrected chi connectivity index (χ4v) is 2.80. The fourth-order valence-electron chi connectivity index (χ4n) is 2.80. The molecule has 4 amide bonds. The smallest absolute Gasteiger partial charge is 0.336 e. The zero-order chi connectivity index (χ0) is 21.1. The van der Waals surface area contributed by atoms with E-state index in [9.17, 15) is 24.5 Å². The highest BCUT2D eigenvalue weighted by molar-refractivity contribution is 6.39. The minimum Gasteiger partial charge on any atom is -0.495 e. The molecule has 0 unspecified atom stereocenters. The number of benzene rings is 2. The van der Waals surface area contributed by atoms with E-state index in [-0.39, 0.29) is 34.0 Å². The first-order chi connectivity index (χ1) is 13.9. The van der Waals surface area contributed by atoms with Crippen molar-refractivity contribution in [3.63, 3.8) is 0 Å². The lowest BCUT2D eigenvalue weighted by atomic mass is 10.1. The van der Waals surface area contributed by atoms with Crippen LogP contribution in [0.15, 0.2) is 48.0 Å². The molecule has 29 heavy (non-hydrogen) atoms. The van der Waals surface area contributed by atoms with Crippen LogP contribution in [0, 0.1) is 10.1 Å². The molecule has 148 valence electrons. The minimum atomic E-state index is -0.928. The summed E-state index contributed by atoms with van der Waals surface area (Å²) in [7, 11) is 2.67. The average molecular weight is 397 g/mol. The van der Waals surface area contributed by atoms with Crippen molar-refractivity contribution in [3.8, 4) is 11.5 Å². The second-order valence-corrected chi connectivity index (χ2v) is 5.82. The van der Waals surface area contributed by atoms with Gasteiger partial charge in [-0.15, -0.1) is 0 Å². The maximum absolute atomic E-state index is 12.9. The van der Waals surface area contributed by atoms with E-state index in [2.05, 4.69) is 5.32 Å². The van der Waals surface area contributed by atoms with Crippen LogP contribution in [0.25, 0.3) is 6.08 Å². The Morgan fingerprint density at radius 3 is 2.38 bits per heavy atom. The molecule has 0 saturated carbocycles. The van der Waals surface area contributed by atoms with Crippen LogP contribution >= 0.6 is 0 Å². The van der Waals surface area contributed by atoms with Crippen molar-refractivity contribution < 1.29 is 28.8 Å². The van der Waals surface area contributed by atoms with Crippen LogP contribution in [0.2, 0.25) is 0 Å². The molecule has 2 aromatic carbocycles. The lowest BCUT2D eigenvalue weighted by molar-refractivity contribution is -0.385. The number of amides is 4. The van der Waals surface area contributed by atoms with Gasteiger partial charge in [0.1, 0.15) is 11.3 Å². The van der Waals surface area contributed by atoms with Crippen LogP contribution in [0.4, 0.5) is 16.2 Å². The molecule has 0 aromatic heterocycles. The molecule has 3 rings (SSSR count). The molecule has 10 heteroatoms. The average Bonchev–Trinajstić information content (AvgIpc) is 2.71. The van der Waals surface area contributed by atoms with Crippen molar-refractivity contribution in [1.82, 2.24) is 5.32 Å². The van der Waals surface area contributed by atoms with Gasteiger partial charge in [-0.3, -0.25) is 25.0 Å². The van der Waals surface area contributed by atoms with E-state index in [1.807, 2.05) is 0 Å². The number of anilines is 1. The van der Waals surface area contributed by atoms with Crippen LogP contribution in [-0.2, 0) is 9.59 Å². The summed E-state index contributed by atoms with van der Waals surface area (Å²) in [5.41, 5.74) is -0.333. The van der Waals surface area contributed by atoms with Gasteiger partial charge in [0.15, 0.2) is 5.75 Å². The van der Waals surface area contributed by atoms with Gasteiger partial charge in [0.25, 0.3) is 11.8 Å². The summed E-state index contributed by atoms with van der Waals surface area (Å²) >= 11 is 0. The zero-order valence-corrected chi connectivity index (χ0v) is 15.4. The third-order valence-electron chi connectivity index (χ3n) is 4.14. The number of hydrogen-bond donors (Lipinski definition) is 1. The standard InChI is InChI=1S/C19H15N3O7/c1-28-15-6-4-3-5-13(15)21-18(24)12(17(23)20-19(21)25)9-11-7-8-16(29-2)14(10-11)22(26)27/h3-10H,1-2H3,(H,20,23,25)/b12-9+. The molecule has 0 aliphatic carbocycles. The Balaban J connectivity index is 2.06. The van der Waals surface area contributed by atoms with Crippen molar-refractivity contribution in [2.45, 2.75) is 0 Å². The number of imide groups is 2. The number of ether oxygens (including phenoxy) is 2. The molecule has 0 spiro atoms. The first-order valence-electron chi connectivity index (χ1n) is 8.24. The number of barbiturate groups is 1. The molecule has 1 aliphatic rings. The van der Waals surface area contributed by atoms with Crippen LogP contribution in [0.3, 0.4) is 0 Å². The Kier molecular flexibility index (Phi) is 5.26. The maximum Gasteiger partial charge on any atom is 0.336 e. The topological polar surface area (TPSA) is 128 Å². The van der Waals surface area contributed by atoms with Crippen LogP contribution in [0.5, 0.6) is 11.5 Å². The molecule has 1 heterocycles. The molecule has 1 N–H and O–H groups in total. The summed E-state index contributed by atoms with van der Waals surface area (Å²) in [5.74, 6) is -1.52. The number of nitrogens with one attached hydrogen (secondary N) is 1. The number of methoxy groups -OCH3 is 2. The predicted molar refractivity (Wildman–Crippen MR) is 102 cm³/mol. The van der Waals surface area contributed by atoms with Gasteiger partial charge in [-0.2, -0.15) is 0 Å². The number of hydrogen-bond acceptors (Lipinski definition) is 7. The second kappa shape index (κ2) is 7.80. The van der Waals surface area contributed by atoms with Gasteiger partial charge >= 0.3 is 11.7 Å². The van der Waals surface area contributed by atoms with Crippen molar-refractivity contribution >= 4 is 35.3 Å². The highest BCUT2D eigenvalue weighted by atomic mass is 16.6. The second-order valence-electron chi connectivity index (χ2n) is 5.82. The van der Waals surface area contributed by atoms with Gasteiger partial charge in [-0.05, 0) is 29.8 Å². The first kappa shape index (κ1) is 19.5. The lowest BCUT2D eigenvalue weighted by Gasteiger charge is -2.27. The van der Waals surface area contributed by atoms with Crippen molar-refractivity contribution in [1.29, 1.82) is 0 Å². The zero-order valence-electron chi connectivity index (χ0n) is 15.4. The Bertz CT molecular complexity index is 1060. The predicted octanol–water partition coefficient (Wildman–Crippen LogP) is 2.28. The van der Waals surface area contributed by atoms with Crippen LogP contribution in [0.1, 0.15) is 5.56 Å². The van der Waals surface area contributed by atoms with Crippen molar-refractivity contribution in [2.24, 2.45) is 0 Å². The Morgan fingerprint density at radius 2 is 1.72 bits per heavy atom. The van der Waals surface area contributed by atoms with Gasteiger partial charge in [0.2, 0.25) is 0 Å². The third-order valence-corrected chi connectivity index (χ3v) is 4.14. The largest absolute Gasteiger partial charge is 0.495 e. The Hall–Kier alpha value is -4.21. The van der Waals surface area contributed by atoms with E-state index in [0.717, 1.165) is 11.0 Å². The number of urea groups is 1. The molecule has 0 atom stereocenters. The molecule has 2 aromatic rings. The number of nitro groups is 1. The third kappa shape index (κ3) is 3.63. The lowest BCUT2D eigenvalue weighted by Crippen LogP contribution is -2.54. The minimum absolute atomic E-state index is 0.0300. The van der Waals surface area contributed by atoms with E-state index in [0.29, 0.717) is 0 Å². The SMILES string of the molecule is COc1ccccc1N1C(=O)NC(=O)/C(=C\c2ccc(OC)c([N+](=O)[O-])c2)C1=O. The number of nitrogens with zero attached hydrogens (tertiary/aromatic N) is 2. The molecule has 1 fully saturated rings. The van der Waals surface area contributed by atoms with E-state index in [1.165, 1.54) is 38.5 Å². The summed E-state index contributed by atoms with van der Waals surface area (Å²) in [5, 5.41) is 13.3. The monoisotopic (exact) mass is 397 g/mol. The Labute approximate surface area is 164 Å². The van der Waals surface area contributed by atoms with Gasteiger partial charge in [-0.1, -0.05) is 18.2 Å².